The van der Waals surface area contributed by atoms with E-state index in [1.807, 2.05) is 31.3 Å². The second-order valence-electron chi connectivity index (χ2n) is 5.05. The van der Waals surface area contributed by atoms with Crippen LogP contribution in [-0.2, 0) is 4.79 Å². The zero-order valence-corrected chi connectivity index (χ0v) is 17.9. The molecule has 0 aliphatic rings. The molecule has 2 N–H and O–H groups in total. The highest BCUT2D eigenvalue weighted by Crippen LogP contribution is 2.14. The van der Waals surface area contributed by atoms with E-state index >= 15 is 0 Å². The molecule has 5 nitrogen and oxygen atoms in total. The zero-order valence-electron chi connectivity index (χ0n) is 13.9. The SMILES string of the molecule is CCCCN(C)C(=NC)NCCC(=O)Nc1ccc(Br)cc1.I. The van der Waals surface area contributed by atoms with Gasteiger partial charge >= 0.3 is 0 Å². The molecule has 23 heavy (non-hydrogen) atoms. The Hall–Kier alpha value is -0.830. The normalized spacial score (nSPS) is 10.7. The monoisotopic (exact) mass is 496 g/mol. The Bertz CT molecular complexity index is 493. The number of halogens is 2. The molecule has 0 aliphatic carbocycles. The molecule has 1 rings (SSSR count). The van der Waals surface area contributed by atoms with E-state index in [1.165, 1.54) is 0 Å². The third-order valence-corrected chi connectivity index (χ3v) is 3.71. The van der Waals surface area contributed by atoms with Gasteiger partial charge in [-0.15, -0.1) is 24.0 Å². The number of rotatable bonds is 7. The molecule has 0 unspecified atom stereocenters. The van der Waals surface area contributed by atoms with E-state index in [0.29, 0.717) is 13.0 Å². The molecule has 1 amide bonds. The lowest BCUT2D eigenvalue weighted by molar-refractivity contribution is -0.116. The molecule has 1 aromatic rings. The Balaban J connectivity index is 0.00000484. The Morgan fingerprint density at radius 1 is 1.30 bits per heavy atom. The Morgan fingerprint density at radius 2 is 1.96 bits per heavy atom. The molecular weight excluding hydrogens is 471 g/mol. The van der Waals surface area contributed by atoms with Gasteiger partial charge in [0.2, 0.25) is 5.91 Å². The van der Waals surface area contributed by atoms with Gasteiger partial charge in [-0.2, -0.15) is 0 Å². The lowest BCUT2D eigenvalue weighted by Crippen LogP contribution is -2.40. The van der Waals surface area contributed by atoms with Gasteiger partial charge in [-0.25, -0.2) is 0 Å². The number of hydrogen-bond acceptors (Lipinski definition) is 2. The summed E-state index contributed by atoms with van der Waals surface area (Å²) >= 11 is 3.37. The lowest BCUT2D eigenvalue weighted by Gasteiger charge is -2.21. The molecule has 0 aliphatic heterocycles. The molecule has 0 saturated carbocycles. The molecule has 0 atom stereocenters. The number of carbonyl (C=O) groups excluding carboxylic acids is 1. The fourth-order valence-corrected chi connectivity index (χ4v) is 2.19. The maximum absolute atomic E-state index is 11.9. The third-order valence-electron chi connectivity index (χ3n) is 3.18. The number of guanidine groups is 1. The maximum Gasteiger partial charge on any atom is 0.226 e. The van der Waals surface area contributed by atoms with Crippen molar-refractivity contribution in [1.82, 2.24) is 10.2 Å². The fourth-order valence-electron chi connectivity index (χ4n) is 1.93. The van der Waals surface area contributed by atoms with Crippen molar-refractivity contribution in [3.05, 3.63) is 28.7 Å². The van der Waals surface area contributed by atoms with E-state index in [1.54, 1.807) is 7.05 Å². The molecule has 0 bridgehead atoms. The number of amides is 1. The van der Waals surface area contributed by atoms with E-state index in [9.17, 15) is 4.79 Å². The highest BCUT2D eigenvalue weighted by atomic mass is 127. The van der Waals surface area contributed by atoms with Gasteiger partial charge < -0.3 is 15.5 Å². The van der Waals surface area contributed by atoms with Crippen molar-refractivity contribution in [2.75, 3.05) is 32.5 Å². The van der Waals surface area contributed by atoms with E-state index in [4.69, 9.17) is 0 Å². The first-order chi connectivity index (χ1) is 10.6. The minimum Gasteiger partial charge on any atom is -0.356 e. The molecule has 1 aromatic carbocycles. The van der Waals surface area contributed by atoms with Crippen LogP contribution in [-0.4, -0.2) is 44.0 Å². The van der Waals surface area contributed by atoms with Gasteiger partial charge in [-0.05, 0) is 30.7 Å². The van der Waals surface area contributed by atoms with Crippen LogP contribution in [0.15, 0.2) is 33.7 Å². The first-order valence-corrected chi connectivity index (χ1v) is 8.33. The van der Waals surface area contributed by atoms with E-state index in [0.717, 1.165) is 35.5 Å². The lowest BCUT2D eigenvalue weighted by atomic mass is 10.3. The van der Waals surface area contributed by atoms with Gasteiger partial charge in [-0.3, -0.25) is 9.79 Å². The average molecular weight is 497 g/mol. The summed E-state index contributed by atoms with van der Waals surface area (Å²) in [7, 11) is 3.76. The summed E-state index contributed by atoms with van der Waals surface area (Å²) < 4.78 is 0.992. The Kier molecular flexibility index (Phi) is 12.1. The predicted octanol–water partition coefficient (Wildman–Crippen LogP) is 3.70. The van der Waals surface area contributed by atoms with Crippen molar-refractivity contribution in [3.8, 4) is 0 Å². The molecular formula is C16H26BrIN4O. The number of benzene rings is 1. The van der Waals surface area contributed by atoms with Gasteiger partial charge in [0.1, 0.15) is 0 Å². The largest absolute Gasteiger partial charge is 0.356 e. The molecule has 0 fully saturated rings. The molecule has 0 spiro atoms. The highest BCUT2D eigenvalue weighted by molar-refractivity contribution is 14.0. The number of anilines is 1. The summed E-state index contributed by atoms with van der Waals surface area (Å²) in [6, 6.07) is 7.54. The topological polar surface area (TPSA) is 56.7 Å². The van der Waals surface area contributed by atoms with Crippen molar-refractivity contribution >= 4 is 57.5 Å². The number of carbonyl (C=O) groups is 1. The third kappa shape index (κ3) is 9.14. The summed E-state index contributed by atoms with van der Waals surface area (Å²) in [5, 5.41) is 6.08. The van der Waals surface area contributed by atoms with Crippen LogP contribution in [0, 0.1) is 0 Å². The zero-order chi connectivity index (χ0) is 16.4. The standard InChI is InChI=1S/C16H25BrN4O.HI/c1-4-5-12-21(3)16(18-2)19-11-10-15(22)20-14-8-6-13(17)7-9-14;/h6-9H,4-5,10-12H2,1-3H3,(H,18,19)(H,20,22);1H. The minimum atomic E-state index is -0.0125. The molecule has 0 heterocycles. The second kappa shape index (κ2) is 12.6. The van der Waals surface area contributed by atoms with E-state index < -0.39 is 0 Å². The van der Waals surface area contributed by atoms with Crippen LogP contribution in [0.25, 0.3) is 0 Å². The van der Waals surface area contributed by atoms with E-state index in [2.05, 4.69) is 43.4 Å². The van der Waals surface area contributed by atoms with Gasteiger partial charge in [0, 0.05) is 43.8 Å². The van der Waals surface area contributed by atoms with Gasteiger partial charge in [0.05, 0.1) is 0 Å². The average Bonchev–Trinajstić information content (AvgIpc) is 2.51. The predicted molar refractivity (Wildman–Crippen MR) is 112 cm³/mol. The molecule has 0 radical (unpaired) electrons. The van der Waals surface area contributed by atoms with Crippen LogP contribution in [0.2, 0.25) is 0 Å². The van der Waals surface area contributed by atoms with Crippen molar-refractivity contribution < 1.29 is 4.79 Å². The summed E-state index contributed by atoms with van der Waals surface area (Å²) in [5.41, 5.74) is 0.803. The molecule has 130 valence electrons. The number of unbranched alkanes of at least 4 members (excludes halogenated alkanes) is 1. The number of nitrogens with one attached hydrogen (secondary N) is 2. The van der Waals surface area contributed by atoms with Crippen LogP contribution in [0.3, 0.4) is 0 Å². The van der Waals surface area contributed by atoms with Crippen LogP contribution >= 0.6 is 39.9 Å². The molecule has 0 aromatic heterocycles. The number of hydrogen-bond donors (Lipinski definition) is 2. The summed E-state index contributed by atoms with van der Waals surface area (Å²) in [6.45, 7) is 3.68. The number of aliphatic imine (C=N–C) groups is 1. The molecule has 7 heteroatoms. The van der Waals surface area contributed by atoms with Crippen molar-refractivity contribution in [1.29, 1.82) is 0 Å². The minimum absolute atomic E-state index is 0. The fraction of sp³-hybridized carbons (Fsp3) is 0.500. The van der Waals surface area contributed by atoms with E-state index in [-0.39, 0.29) is 29.9 Å². The van der Waals surface area contributed by atoms with Crippen molar-refractivity contribution in [3.63, 3.8) is 0 Å². The number of nitrogens with zero attached hydrogens (tertiary/aromatic N) is 2. The quantitative estimate of drug-likeness (QED) is 0.344. The van der Waals surface area contributed by atoms with Crippen molar-refractivity contribution in [2.24, 2.45) is 4.99 Å². The smallest absolute Gasteiger partial charge is 0.226 e. The van der Waals surface area contributed by atoms with Crippen LogP contribution < -0.4 is 10.6 Å². The Labute approximate surface area is 164 Å². The highest BCUT2D eigenvalue weighted by Gasteiger charge is 2.06. The van der Waals surface area contributed by atoms with Gasteiger partial charge in [0.15, 0.2) is 5.96 Å². The van der Waals surface area contributed by atoms with Crippen LogP contribution in [0.1, 0.15) is 26.2 Å². The second-order valence-corrected chi connectivity index (χ2v) is 5.97. The Morgan fingerprint density at radius 3 is 2.52 bits per heavy atom. The maximum atomic E-state index is 11.9. The van der Waals surface area contributed by atoms with Crippen LogP contribution in [0.4, 0.5) is 5.69 Å². The van der Waals surface area contributed by atoms with Gasteiger partial charge in [0.25, 0.3) is 0 Å². The summed E-state index contributed by atoms with van der Waals surface area (Å²) in [6.07, 6.45) is 2.68. The van der Waals surface area contributed by atoms with Crippen molar-refractivity contribution in [2.45, 2.75) is 26.2 Å². The molecule has 0 saturated heterocycles. The summed E-state index contributed by atoms with van der Waals surface area (Å²) in [5.74, 6) is 0.811. The van der Waals surface area contributed by atoms with Crippen LogP contribution in [0.5, 0.6) is 0 Å². The van der Waals surface area contributed by atoms with Gasteiger partial charge in [-0.1, -0.05) is 29.3 Å². The first kappa shape index (κ1) is 22.2. The summed E-state index contributed by atoms with van der Waals surface area (Å²) in [4.78, 5) is 18.2. The first-order valence-electron chi connectivity index (χ1n) is 7.54.